The second-order valence-electron chi connectivity index (χ2n) is 6.34. The van der Waals surface area contributed by atoms with Gasteiger partial charge in [0.2, 0.25) is 0 Å². The molecule has 0 bridgehead atoms. The smallest absolute Gasteiger partial charge is 0.387 e. The van der Waals surface area contributed by atoms with Crippen LogP contribution in [0, 0.1) is 6.92 Å². The molecule has 11 heteroatoms. The van der Waals surface area contributed by atoms with Crippen molar-refractivity contribution in [3.63, 3.8) is 0 Å². The highest BCUT2D eigenvalue weighted by molar-refractivity contribution is 14.0. The monoisotopic (exact) mass is 532 g/mol. The SMILES string of the molecule is CN=C(NCCN1CCS(=O)(=O)CC1)NCc1cc(C)ccc1OC(F)F.I. The molecule has 0 atom stereocenters. The summed E-state index contributed by atoms with van der Waals surface area (Å²) in [6.45, 7) is 1.64. The van der Waals surface area contributed by atoms with Crippen molar-refractivity contribution >= 4 is 39.8 Å². The van der Waals surface area contributed by atoms with Gasteiger partial charge in [-0.15, -0.1) is 24.0 Å². The van der Waals surface area contributed by atoms with Crippen LogP contribution >= 0.6 is 24.0 Å². The molecule has 0 spiro atoms. The van der Waals surface area contributed by atoms with Crippen LogP contribution in [-0.2, 0) is 16.4 Å². The molecule has 0 saturated carbocycles. The number of hydrogen-bond acceptors (Lipinski definition) is 5. The Bertz CT molecular complexity index is 749. The van der Waals surface area contributed by atoms with Crippen molar-refractivity contribution in [2.24, 2.45) is 4.99 Å². The minimum Gasteiger partial charge on any atom is -0.434 e. The summed E-state index contributed by atoms with van der Waals surface area (Å²) in [4.78, 5) is 6.19. The molecule has 1 aliphatic rings. The molecule has 0 aliphatic carbocycles. The molecule has 2 N–H and O–H groups in total. The summed E-state index contributed by atoms with van der Waals surface area (Å²) in [5.41, 5.74) is 1.55. The van der Waals surface area contributed by atoms with Crippen LogP contribution < -0.4 is 15.4 Å². The number of nitrogens with one attached hydrogen (secondary N) is 2. The Morgan fingerprint density at radius 3 is 2.57 bits per heavy atom. The Hall–Kier alpha value is -1.21. The van der Waals surface area contributed by atoms with E-state index in [4.69, 9.17) is 0 Å². The molecule has 0 aromatic heterocycles. The van der Waals surface area contributed by atoms with E-state index in [-0.39, 0.29) is 47.8 Å². The first-order chi connectivity index (χ1) is 12.8. The van der Waals surface area contributed by atoms with Crippen molar-refractivity contribution in [1.29, 1.82) is 0 Å². The van der Waals surface area contributed by atoms with E-state index in [9.17, 15) is 17.2 Å². The average molecular weight is 532 g/mol. The van der Waals surface area contributed by atoms with Crippen LogP contribution in [-0.4, -0.2) is 70.6 Å². The zero-order valence-electron chi connectivity index (χ0n) is 16.0. The van der Waals surface area contributed by atoms with E-state index in [1.54, 1.807) is 19.2 Å². The van der Waals surface area contributed by atoms with Crippen LogP contribution in [0.5, 0.6) is 5.75 Å². The second-order valence-corrected chi connectivity index (χ2v) is 8.64. The average Bonchev–Trinajstić information content (AvgIpc) is 2.61. The fourth-order valence-corrected chi connectivity index (χ4v) is 4.04. The zero-order valence-corrected chi connectivity index (χ0v) is 19.1. The molecule has 1 aromatic rings. The summed E-state index contributed by atoms with van der Waals surface area (Å²) in [6.07, 6.45) is 0. The highest BCUT2D eigenvalue weighted by Gasteiger charge is 2.21. The molecular weight excluding hydrogens is 505 g/mol. The van der Waals surface area contributed by atoms with Gasteiger partial charge in [0, 0.05) is 45.3 Å². The van der Waals surface area contributed by atoms with E-state index in [1.165, 1.54) is 6.07 Å². The summed E-state index contributed by atoms with van der Waals surface area (Å²) in [5, 5.41) is 6.22. The van der Waals surface area contributed by atoms with Crippen LogP contribution in [0.1, 0.15) is 11.1 Å². The van der Waals surface area contributed by atoms with Gasteiger partial charge in [0.15, 0.2) is 15.8 Å². The van der Waals surface area contributed by atoms with E-state index in [2.05, 4.69) is 25.3 Å². The van der Waals surface area contributed by atoms with Gasteiger partial charge in [-0.2, -0.15) is 8.78 Å². The molecular formula is C17H27F2IN4O3S. The van der Waals surface area contributed by atoms with Crippen molar-refractivity contribution in [2.45, 2.75) is 20.1 Å². The Kier molecular flexibility index (Phi) is 10.4. The number of aliphatic imine (C=N–C) groups is 1. The van der Waals surface area contributed by atoms with Crippen LogP contribution in [0.4, 0.5) is 8.78 Å². The first-order valence-electron chi connectivity index (χ1n) is 8.71. The summed E-state index contributed by atoms with van der Waals surface area (Å²) in [5.74, 6) is 1.05. The maximum absolute atomic E-state index is 12.5. The first kappa shape index (κ1) is 24.8. The number of nitrogens with zero attached hydrogens (tertiary/aromatic N) is 2. The van der Waals surface area contributed by atoms with Crippen LogP contribution in [0.25, 0.3) is 0 Å². The Morgan fingerprint density at radius 1 is 1.29 bits per heavy atom. The molecule has 1 saturated heterocycles. The number of benzene rings is 1. The third-order valence-electron chi connectivity index (χ3n) is 4.26. The van der Waals surface area contributed by atoms with Crippen LogP contribution in [0.15, 0.2) is 23.2 Å². The summed E-state index contributed by atoms with van der Waals surface area (Å²) >= 11 is 0. The lowest BCUT2D eigenvalue weighted by Gasteiger charge is -2.26. The highest BCUT2D eigenvalue weighted by Crippen LogP contribution is 2.21. The maximum atomic E-state index is 12.5. The topological polar surface area (TPSA) is 83.0 Å². The molecule has 0 unspecified atom stereocenters. The third kappa shape index (κ3) is 8.43. The van der Waals surface area contributed by atoms with Gasteiger partial charge in [0.05, 0.1) is 11.5 Å². The lowest BCUT2D eigenvalue weighted by molar-refractivity contribution is -0.0504. The molecule has 2 rings (SSSR count). The van der Waals surface area contributed by atoms with Crippen molar-refractivity contribution in [3.8, 4) is 5.75 Å². The van der Waals surface area contributed by atoms with Gasteiger partial charge < -0.3 is 15.4 Å². The number of hydrogen-bond donors (Lipinski definition) is 2. The van der Waals surface area contributed by atoms with E-state index in [0.29, 0.717) is 37.7 Å². The van der Waals surface area contributed by atoms with Gasteiger partial charge in [0.1, 0.15) is 5.75 Å². The van der Waals surface area contributed by atoms with E-state index in [1.807, 2.05) is 6.92 Å². The minimum absolute atomic E-state index is 0. The van der Waals surface area contributed by atoms with Crippen LogP contribution in [0.3, 0.4) is 0 Å². The molecule has 0 radical (unpaired) electrons. The van der Waals surface area contributed by atoms with Crippen molar-refractivity contribution in [2.75, 3.05) is 44.7 Å². The van der Waals surface area contributed by atoms with Crippen molar-refractivity contribution in [3.05, 3.63) is 29.3 Å². The number of rotatable bonds is 7. The summed E-state index contributed by atoms with van der Waals surface area (Å²) in [6, 6.07) is 5.03. The zero-order chi connectivity index (χ0) is 19.9. The number of guanidine groups is 1. The molecule has 1 heterocycles. The molecule has 28 heavy (non-hydrogen) atoms. The molecule has 160 valence electrons. The highest BCUT2D eigenvalue weighted by atomic mass is 127. The Morgan fingerprint density at radius 2 is 1.96 bits per heavy atom. The van der Waals surface area contributed by atoms with Gasteiger partial charge >= 0.3 is 6.61 Å². The van der Waals surface area contributed by atoms with E-state index in [0.717, 1.165) is 5.56 Å². The van der Waals surface area contributed by atoms with Crippen LogP contribution in [0.2, 0.25) is 0 Å². The van der Waals surface area contributed by atoms with Gasteiger partial charge in [-0.05, 0) is 13.0 Å². The molecule has 1 aromatic carbocycles. The quantitative estimate of drug-likeness (QED) is 0.316. The second kappa shape index (κ2) is 11.7. The van der Waals surface area contributed by atoms with E-state index >= 15 is 0 Å². The fraction of sp³-hybridized carbons (Fsp3) is 0.588. The predicted molar refractivity (Wildman–Crippen MR) is 117 cm³/mol. The lowest BCUT2D eigenvalue weighted by atomic mass is 10.1. The number of sulfone groups is 1. The van der Waals surface area contributed by atoms with Gasteiger partial charge in [-0.3, -0.25) is 9.89 Å². The van der Waals surface area contributed by atoms with E-state index < -0.39 is 16.4 Å². The number of halogens is 3. The minimum atomic E-state index is -2.88. The third-order valence-corrected chi connectivity index (χ3v) is 5.87. The summed E-state index contributed by atoms with van der Waals surface area (Å²) < 4.78 is 52.5. The largest absolute Gasteiger partial charge is 0.434 e. The van der Waals surface area contributed by atoms with Gasteiger partial charge in [0.25, 0.3) is 0 Å². The molecule has 7 nitrogen and oxygen atoms in total. The number of ether oxygens (including phenoxy) is 1. The van der Waals surface area contributed by atoms with Gasteiger partial charge in [-0.25, -0.2) is 8.42 Å². The van der Waals surface area contributed by atoms with Crippen molar-refractivity contribution in [1.82, 2.24) is 15.5 Å². The first-order valence-corrected chi connectivity index (χ1v) is 10.5. The lowest BCUT2D eigenvalue weighted by Crippen LogP contribution is -2.45. The number of aryl methyl sites for hydroxylation is 1. The van der Waals surface area contributed by atoms with Gasteiger partial charge in [-0.1, -0.05) is 17.7 Å². The Balaban J connectivity index is 0.00000392. The summed E-state index contributed by atoms with van der Waals surface area (Å²) in [7, 11) is -1.26. The molecule has 1 fully saturated rings. The van der Waals surface area contributed by atoms with Crippen molar-refractivity contribution < 1.29 is 21.9 Å². The maximum Gasteiger partial charge on any atom is 0.387 e. The normalized spacial score (nSPS) is 17.1. The predicted octanol–water partition coefficient (Wildman–Crippen LogP) is 1.61. The number of alkyl halides is 2. The Labute approximate surface area is 181 Å². The molecule has 0 amide bonds. The molecule has 1 aliphatic heterocycles. The fourth-order valence-electron chi connectivity index (χ4n) is 2.76. The standard InChI is InChI=1S/C17H26F2N4O3S.HI/c1-13-3-4-15(26-16(18)19)14(11-13)12-22-17(20-2)21-5-6-23-7-9-27(24,25)10-8-23;/h3-4,11,16H,5-10,12H2,1-2H3,(H2,20,21,22);1H.